The highest BCUT2D eigenvalue weighted by molar-refractivity contribution is 5.75. The summed E-state index contributed by atoms with van der Waals surface area (Å²) in [7, 11) is 1.80. The lowest BCUT2D eigenvalue weighted by Gasteiger charge is -2.26. The minimum Gasteiger partial charge on any atom is -0.486 e. The first-order valence-corrected chi connectivity index (χ1v) is 8.49. The van der Waals surface area contributed by atoms with Gasteiger partial charge in [0.25, 0.3) is 0 Å². The van der Waals surface area contributed by atoms with Crippen molar-refractivity contribution in [2.24, 2.45) is 7.05 Å². The summed E-state index contributed by atoms with van der Waals surface area (Å²) in [5.41, 5.74) is 1.08. The Morgan fingerprint density at radius 1 is 1.32 bits per heavy atom. The standard InChI is InChI=1S/C17H21N5O3/c1-21-11-19-16(20-21)10-18-17(23)22-6-2-3-13(22)12-4-5-14-15(9-12)25-8-7-24-14/h4-5,9,11,13H,2-3,6-8,10H2,1H3,(H,18,23). The second-order valence-corrected chi connectivity index (χ2v) is 6.25. The lowest BCUT2D eigenvalue weighted by Crippen LogP contribution is -2.39. The Hall–Kier alpha value is -2.77. The quantitative estimate of drug-likeness (QED) is 0.916. The fourth-order valence-corrected chi connectivity index (χ4v) is 3.34. The summed E-state index contributed by atoms with van der Waals surface area (Å²) in [6, 6.07) is 5.89. The summed E-state index contributed by atoms with van der Waals surface area (Å²) in [4.78, 5) is 18.6. The van der Waals surface area contributed by atoms with Crippen molar-refractivity contribution in [2.75, 3.05) is 19.8 Å². The van der Waals surface area contributed by atoms with Gasteiger partial charge >= 0.3 is 6.03 Å². The third-order valence-electron chi connectivity index (χ3n) is 4.51. The van der Waals surface area contributed by atoms with Crippen LogP contribution in [0.5, 0.6) is 11.5 Å². The average Bonchev–Trinajstić information content (AvgIpc) is 3.28. The molecule has 1 saturated heterocycles. The van der Waals surface area contributed by atoms with E-state index in [1.165, 1.54) is 0 Å². The Morgan fingerprint density at radius 3 is 2.96 bits per heavy atom. The van der Waals surface area contributed by atoms with Crippen molar-refractivity contribution < 1.29 is 14.3 Å². The molecule has 1 atom stereocenters. The SMILES string of the molecule is Cn1cnc(CNC(=O)N2CCCC2c2ccc3c(c2)OCCO3)n1. The Labute approximate surface area is 145 Å². The van der Waals surface area contributed by atoms with E-state index < -0.39 is 0 Å². The molecule has 132 valence electrons. The number of benzene rings is 1. The monoisotopic (exact) mass is 343 g/mol. The first-order chi connectivity index (χ1) is 12.2. The van der Waals surface area contributed by atoms with Gasteiger partial charge in [-0.15, -0.1) is 0 Å². The van der Waals surface area contributed by atoms with Crippen molar-refractivity contribution in [2.45, 2.75) is 25.4 Å². The van der Waals surface area contributed by atoms with Crippen molar-refractivity contribution in [3.8, 4) is 11.5 Å². The number of carbonyl (C=O) groups excluding carboxylic acids is 1. The first-order valence-electron chi connectivity index (χ1n) is 8.49. The number of aromatic nitrogens is 3. The van der Waals surface area contributed by atoms with Gasteiger partial charge in [-0.05, 0) is 30.5 Å². The highest BCUT2D eigenvalue weighted by Gasteiger charge is 2.31. The third-order valence-corrected chi connectivity index (χ3v) is 4.51. The fraction of sp³-hybridized carbons (Fsp3) is 0.471. The highest BCUT2D eigenvalue weighted by Crippen LogP contribution is 2.38. The number of nitrogens with zero attached hydrogens (tertiary/aromatic N) is 4. The Kier molecular flexibility index (Phi) is 4.17. The van der Waals surface area contributed by atoms with Gasteiger partial charge in [-0.3, -0.25) is 4.68 Å². The number of likely N-dealkylation sites (tertiary alicyclic amines) is 1. The molecule has 8 heteroatoms. The van der Waals surface area contributed by atoms with E-state index in [0.29, 0.717) is 25.6 Å². The van der Waals surface area contributed by atoms with Gasteiger partial charge in [0.15, 0.2) is 17.3 Å². The molecule has 4 rings (SSSR count). The van der Waals surface area contributed by atoms with Crippen LogP contribution in [0.25, 0.3) is 0 Å². The van der Waals surface area contributed by atoms with Crippen LogP contribution < -0.4 is 14.8 Å². The van der Waals surface area contributed by atoms with Crippen molar-refractivity contribution in [1.29, 1.82) is 0 Å². The van der Waals surface area contributed by atoms with Crippen LogP contribution in [0.15, 0.2) is 24.5 Å². The number of hydrogen-bond donors (Lipinski definition) is 1. The number of hydrogen-bond acceptors (Lipinski definition) is 5. The Morgan fingerprint density at radius 2 is 2.16 bits per heavy atom. The molecule has 1 aromatic heterocycles. The minimum atomic E-state index is -0.0927. The molecule has 8 nitrogen and oxygen atoms in total. The maximum Gasteiger partial charge on any atom is 0.318 e. The van der Waals surface area contributed by atoms with Gasteiger partial charge < -0.3 is 19.7 Å². The Bertz CT molecular complexity index is 775. The normalized spacial score (nSPS) is 19.1. The molecule has 2 amide bonds. The Balaban J connectivity index is 1.45. The molecule has 2 aromatic rings. The number of rotatable bonds is 3. The van der Waals surface area contributed by atoms with Crippen LogP contribution in [0.1, 0.15) is 30.3 Å². The lowest BCUT2D eigenvalue weighted by molar-refractivity contribution is 0.170. The summed E-state index contributed by atoms with van der Waals surface area (Å²) in [5.74, 6) is 2.13. The predicted molar refractivity (Wildman–Crippen MR) is 89.4 cm³/mol. The van der Waals surface area contributed by atoms with E-state index in [1.807, 2.05) is 23.1 Å². The van der Waals surface area contributed by atoms with Crippen LogP contribution in [-0.4, -0.2) is 45.5 Å². The summed E-state index contributed by atoms with van der Waals surface area (Å²) in [6.45, 7) is 2.19. The molecule has 1 N–H and O–H groups in total. The van der Waals surface area contributed by atoms with E-state index >= 15 is 0 Å². The molecule has 0 spiro atoms. The molecular formula is C17H21N5O3. The molecule has 1 aromatic carbocycles. The van der Waals surface area contributed by atoms with E-state index in [9.17, 15) is 4.79 Å². The van der Waals surface area contributed by atoms with Crippen molar-refractivity contribution >= 4 is 6.03 Å². The zero-order valence-corrected chi connectivity index (χ0v) is 14.1. The molecule has 1 unspecified atom stereocenters. The number of aryl methyl sites for hydroxylation is 1. The molecule has 0 aliphatic carbocycles. The third kappa shape index (κ3) is 3.24. The minimum absolute atomic E-state index is 0.0486. The van der Waals surface area contributed by atoms with Crippen LogP contribution in [0.4, 0.5) is 4.79 Å². The number of urea groups is 1. The zero-order chi connectivity index (χ0) is 17.2. The summed E-state index contributed by atoms with van der Waals surface area (Å²) >= 11 is 0. The number of fused-ring (bicyclic) bond motifs is 1. The predicted octanol–water partition coefficient (Wildman–Crippen LogP) is 1.63. The van der Waals surface area contributed by atoms with Gasteiger partial charge in [0.2, 0.25) is 0 Å². The second-order valence-electron chi connectivity index (χ2n) is 6.25. The number of amides is 2. The average molecular weight is 343 g/mol. The summed E-state index contributed by atoms with van der Waals surface area (Å²) in [5, 5.41) is 7.09. The van der Waals surface area contributed by atoms with Gasteiger partial charge in [-0.25, -0.2) is 9.78 Å². The van der Waals surface area contributed by atoms with E-state index in [0.717, 1.165) is 36.4 Å². The number of nitrogens with one attached hydrogen (secondary N) is 1. The van der Waals surface area contributed by atoms with Crippen LogP contribution in [0, 0.1) is 0 Å². The molecule has 0 bridgehead atoms. The molecule has 2 aliphatic rings. The highest BCUT2D eigenvalue weighted by atomic mass is 16.6. The van der Waals surface area contributed by atoms with Crippen molar-refractivity contribution in [1.82, 2.24) is 25.0 Å². The van der Waals surface area contributed by atoms with Crippen molar-refractivity contribution in [3.05, 3.63) is 35.9 Å². The van der Waals surface area contributed by atoms with Gasteiger partial charge in [0.05, 0.1) is 12.6 Å². The van der Waals surface area contributed by atoms with Gasteiger partial charge in [-0.1, -0.05) is 6.07 Å². The smallest absolute Gasteiger partial charge is 0.318 e. The van der Waals surface area contributed by atoms with E-state index in [-0.39, 0.29) is 12.1 Å². The van der Waals surface area contributed by atoms with Gasteiger partial charge in [-0.2, -0.15) is 5.10 Å². The fourth-order valence-electron chi connectivity index (χ4n) is 3.34. The first kappa shape index (κ1) is 15.7. The van der Waals surface area contributed by atoms with Crippen LogP contribution in [0.3, 0.4) is 0 Å². The largest absolute Gasteiger partial charge is 0.486 e. The number of ether oxygens (including phenoxy) is 2. The maximum atomic E-state index is 12.6. The molecule has 25 heavy (non-hydrogen) atoms. The summed E-state index contributed by atoms with van der Waals surface area (Å²) in [6.07, 6.45) is 3.54. The topological polar surface area (TPSA) is 81.5 Å². The zero-order valence-electron chi connectivity index (χ0n) is 14.1. The maximum absolute atomic E-state index is 12.6. The molecule has 0 radical (unpaired) electrons. The van der Waals surface area contributed by atoms with Gasteiger partial charge in [0.1, 0.15) is 19.5 Å². The lowest BCUT2D eigenvalue weighted by atomic mass is 10.0. The number of carbonyl (C=O) groups is 1. The van der Waals surface area contributed by atoms with E-state index in [1.54, 1.807) is 18.1 Å². The molecule has 2 aliphatic heterocycles. The molecule has 0 saturated carbocycles. The molecular weight excluding hydrogens is 322 g/mol. The van der Waals surface area contributed by atoms with Crippen LogP contribution in [0.2, 0.25) is 0 Å². The molecule has 1 fully saturated rings. The van der Waals surface area contributed by atoms with Crippen molar-refractivity contribution in [3.63, 3.8) is 0 Å². The summed E-state index contributed by atoms with van der Waals surface area (Å²) < 4.78 is 12.9. The van der Waals surface area contributed by atoms with E-state index in [4.69, 9.17) is 9.47 Å². The second kappa shape index (κ2) is 6.62. The van der Waals surface area contributed by atoms with Crippen LogP contribution in [-0.2, 0) is 13.6 Å². The van der Waals surface area contributed by atoms with Gasteiger partial charge in [0, 0.05) is 13.6 Å². The van der Waals surface area contributed by atoms with Crippen LogP contribution >= 0.6 is 0 Å². The molecule has 3 heterocycles. The van der Waals surface area contributed by atoms with E-state index in [2.05, 4.69) is 15.4 Å².